The summed E-state index contributed by atoms with van der Waals surface area (Å²) >= 11 is 0. The molecule has 0 unspecified atom stereocenters. The molecule has 0 radical (unpaired) electrons. The summed E-state index contributed by atoms with van der Waals surface area (Å²) in [4.78, 5) is 5.14. The molecule has 5 heteroatoms. The molecule has 0 saturated carbocycles. The first-order chi connectivity index (χ1) is 12.3. The number of benzene rings is 1. The normalized spacial score (nSPS) is 21.6. The van der Waals surface area contributed by atoms with E-state index in [2.05, 4.69) is 26.9 Å². The lowest BCUT2D eigenvalue weighted by Gasteiger charge is -2.36. The van der Waals surface area contributed by atoms with Crippen LogP contribution in [-0.2, 0) is 0 Å². The van der Waals surface area contributed by atoms with Crippen molar-refractivity contribution in [2.45, 2.75) is 38.6 Å². The summed E-state index contributed by atoms with van der Waals surface area (Å²) in [5, 5.41) is 8.54. The van der Waals surface area contributed by atoms with Crippen molar-refractivity contribution in [1.29, 1.82) is 0 Å². The maximum atomic E-state index is 5.95. The second kappa shape index (κ2) is 7.67. The fraction of sp³-hybridized carbons (Fsp3) is 0.600. The molecular formula is C20H28N4O. The van der Waals surface area contributed by atoms with Gasteiger partial charge in [-0.05, 0) is 76.8 Å². The summed E-state index contributed by atoms with van der Waals surface area (Å²) < 4.78 is 5.95. The standard InChI is InChI=1S/C20H28N4O/c1-16(19-21-22-20(25-19)18-7-3-2-4-8-18)24-13-9-17(10-14-24)15-23-11-5-6-12-23/h2-4,7-8,16-17H,5-6,9-15H2,1H3/t16-/m0/s1. The molecule has 2 saturated heterocycles. The molecule has 0 bridgehead atoms. The van der Waals surface area contributed by atoms with Gasteiger partial charge in [-0.25, -0.2) is 0 Å². The summed E-state index contributed by atoms with van der Waals surface area (Å²) in [5.41, 5.74) is 0.984. The Kier molecular flexibility index (Phi) is 5.13. The van der Waals surface area contributed by atoms with Gasteiger partial charge < -0.3 is 9.32 Å². The van der Waals surface area contributed by atoms with E-state index < -0.39 is 0 Å². The van der Waals surface area contributed by atoms with Crippen LogP contribution >= 0.6 is 0 Å². The number of piperidine rings is 1. The first-order valence-corrected chi connectivity index (χ1v) is 9.65. The summed E-state index contributed by atoms with van der Waals surface area (Å²) in [5.74, 6) is 2.20. The zero-order valence-electron chi connectivity index (χ0n) is 15.1. The third-order valence-corrected chi connectivity index (χ3v) is 5.73. The molecule has 1 atom stereocenters. The molecule has 0 N–H and O–H groups in total. The van der Waals surface area contributed by atoms with Gasteiger partial charge in [0.1, 0.15) is 0 Å². The topological polar surface area (TPSA) is 45.4 Å². The molecule has 3 heterocycles. The van der Waals surface area contributed by atoms with Crippen LogP contribution in [0, 0.1) is 5.92 Å². The van der Waals surface area contributed by atoms with Crippen molar-refractivity contribution in [3.05, 3.63) is 36.2 Å². The van der Waals surface area contributed by atoms with E-state index in [9.17, 15) is 0 Å². The molecule has 134 valence electrons. The Morgan fingerprint density at radius 2 is 1.76 bits per heavy atom. The number of likely N-dealkylation sites (tertiary alicyclic amines) is 2. The highest BCUT2D eigenvalue weighted by Gasteiger charge is 2.28. The van der Waals surface area contributed by atoms with E-state index in [-0.39, 0.29) is 6.04 Å². The van der Waals surface area contributed by atoms with Crippen LogP contribution in [0.5, 0.6) is 0 Å². The number of hydrogen-bond acceptors (Lipinski definition) is 5. The van der Waals surface area contributed by atoms with Crippen LogP contribution in [0.25, 0.3) is 11.5 Å². The van der Waals surface area contributed by atoms with Gasteiger partial charge in [-0.15, -0.1) is 10.2 Å². The molecule has 0 aliphatic carbocycles. The number of nitrogens with zero attached hydrogens (tertiary/aromatic N) is 4. The van der Waals surface area contributed by atoms with Gasteiger partial charge in [-0.1, -0.05) is 18.2 Å². The van der Waals surface area contributed by atoms with Crippen molar-refractivity contribution in [2.75, 3.05) is 32.7 Å². The minimum Gasteiger partial charge on any atom is -0.419 e. The summed E-state index contributed by atoms with van der Waals surface area (Å²) in [6, 6.07) is 10.2. The lowest BCUT2D eigenvalue weighted by atomic mass is 9.95. The largest absolute Gasteiger partial charge is 0.419 e. The highest BCUT2D eigenvalue weighted by atomic mass is 16.4. The SMILES string of the molecule is C[C@@H](c1nnc(-c2ccccc2)o1)N1CCC(CN2CCCC2)CC1. The first-order valence-electron chi connectivity index (χ1n) is 9.65. The zero-order valence-corrected chi connectivity index (χ0v) is 15.1. The molecule has 1 aromatic heterocycles. The van der Waals surface area contributed by atoms with Crippen molar-refractivity contribution < 1.29 is 4.42 Å². The molecule has 5 nitrogen and oxygen atoms in total. The lowest BCUT2D eigenvalue weighted by Crippen LogP contribution is -2.39. The molecular weight excluding hydrogens is 312 g/mol. The monoisotopic (exact) mass is 340 g/mol. The van der Waals surface area contributed by atoms with Gasteiger partial charge >= 0.3 is 0 Å². The van der Waals surface area contributed by atoms with Crippen LogP contribution < -0.4 is 0 Å². The highest BCUT2D eigenvalue weighted by Crippen LogP contribution is 2.28. The maximum absolute atomic E-state index is 5.95. The fourth-order valence-corrected chi connectivity index (χ4v) is 4.11. The molecule has 2 aromatic rings. The Morgan fingerprint density at radius 1 is 1.04 bits per heavy atom. The van der Waals surface area contributed by atoms with Crippen LogP contribution in [0.2, 0.25) is 0 Å². The zero-order chi connectivity index (χ0) is 17.1. The highest BCUT2D eigenvalue weighted by molar-refractivity contribution is 5.51. The van der Waals surface area contributed by atoms with E-state index in [1.54, 1.807) is 0 Å². The minimum absolute atomic E-state index is 0.192. The Balaban J connectivity index is 1.33. The van der Waals surface area contributed by atoms with Gasteiger partial charge in [0.15, 0.2) is 0 Å². The van der Waals surface area contributed by atoms with Gasteiger partial charge in [-0.2, -0.15) is 0 Å². The van der Waals surface area contributed by atoms with E-state index >= 15 is 0 Å². The van der Waals surface area contributed by atoms with E-state index in [0.29, 0.717) is 5.89 Å². The molecule has 0 spiro atoms. The van der Waals surface area contributed by atoms with Gasteiger partial charge in [0, 0.05) is 12.1 Å². The van der Waals surface area contributed by atoms with E-state index in [1.807, 2.05) is 30.3 Å². The van der Waals surface area contributed by atoms with E-state index in [1.165, 1.54) is 45.3 Å². The van der Waals surface area contributed by atoms with Crippen LogP contribution in [0.3, 0.4) is 0 Å². The molecule has 1 aromatic carbocycles. The second-order valence-corrected chi connectivity index (χ2v) is 7.47. The summed E-state index contributed by atoms with van der Waals surface area (Å²) in [6.07, 6.45) is 5.33. The minimum atomic E-state index is 0.192. The first kappa shape index (κ1) is 16.7. The van der Waals surface area contributed by atoms with Crippen molar-refractivity contribution in [3.8, 4) is 11.5 Å². The Morgan fingerprint density at radius 3 is 2.48 bits per heavy atom. The van der Waals surface area contributed by atoms with Crippen molar-refractivity contribution in [1.82, 2.24) is 20.0 Å². The smallest absolute Gasteiger partial charge is 0.247 e. The molecule has 4 rings (SSSR count). The second-order valence-electron chi connectivity index (χ2n) is 7.47. The van der Waals surface area contributed by atoms with E-state index in [4.69, 9.17) is 4.42 Å². The van der Waals surface area contributed by atoms with Crippen LogP contribution in [0.15, 0.2) is 34.7 Å². The fourth-order valence-electron chi connectivity index (χ4n) is 4.11. The van der Waals surface area contributed by atoms with Crippen molar-refractivity contribution >= 4 is 0 Å². The number of aromatic nitrogens is 2. The summed E-state index contributed by atoms with van der Waals surface area (Å²) in [6.45, 7) is 8.34. The third kappa shape index (κ3) is 3.93. The molecule has 2 aliphatic rings. The predicted molar refractivity (Wildman–Crippen MR) is 98.1 cm³/mol. The van der Waals surface area contributed by atoms with Gasteiger partial charge in [0.05, 0.1) is 6.04 Å². The Hall–Kier alpha value is -1.72. The average molecular weight is 340 g/mol. The van der Waals surface area contributed by atoms with Gasteiger partial charge in [-0.3, -0.25) is 4.90 Å². The van der Waals surface area contributed by atoms with Crippen LogP contribution in [0.1, 0.15) is 44.5 Å². The Labute approximate surface area is 150 Å². The lowest BCUT2D eigenvalue weighted by molar-refractivity contribution is 0.109. The van der Waals surface area contributed by atoms with Crippen LogP contribution in [-0.4, -0.2) is 52.7 Å². The van der Waals surface area contributed by atoms with Gasteiger partial charge in [0.2, 0.25) is 11.8 Å². The molecule has 0 amide bonds. The number of hydrogen-bond donors (Lipinski definition) is 0. The van der Waals surface area contributed by atoms with Crippen molar-refractivity contribution in [2.24, 2.45) is 5.92 Å². The number of rotatable bonds is 5. The molecule has 2 fully saturated rings. The average Bonchev–Trinajstić information content (AvgIpc) is 3.34. The molecule has 25 heavy (non-hydrogen) atoms. The quantitative estimate of drug-likeness (QED) is 0.832. The predicted octanol–water partition coefficient (Wildman–Crippen LogP) is 3.61. The van der Waals surface area contributed by atoms with Crippen molar-refractivity contribution in [3.63, 3.8) is 0 Å². The van der Waals surface area contributed by atoms with E-state index in [0.717, 1.165) is 30.5 Å². The Bertz CT molecular complexity index is 657. The maximum Gasteiger partial charge on any atom is 0.247 e. The third-order valence-electron chi connectivity index (χ3n) is 5.73. The van der Waals surface area contributed by atoms with Gasteiger partial charge in [0.25, 0.3) is 0 Å². The summed E-state index contributed by atoms with van der Waals surface area (Å²) in [7, 11) is 0. The van der Waals surface area contributed by atoms with Crippen LogP contribution in [0.4, 0.5) is 0 Å². The molecule has 2 aliphatic heterocycles.